The van der Waals surface area contributed by atoms with Crippen molar-refractivity contribution in [1.29, 1.82) is 0 Å². The number of hydrogen-bond donors (Lipinski definition) is 1. The minimum absolute atomic E-state index is 0.00760. The molecular formula is C18H18BrN3O4. The van der Waals surface area contributed by atoms with Crippen LogP contribution in [0, 0.1) is 0 Å². The highest BCUT2D eigenvalue weighted by Gasteiger charge is 2.15. The maximum atomic E-state index is 12.4. The van der Waals surface area contributed by atoms with E-state index in [1.165, 1.54) is 0 Å². The van der Waals surface area contributed by atoms with E-state index in [1.807, 2.05) is 6.07 Å². The van der Waals surface area contributed by atoms with E-state index < -0.39 is 0 Å². The average molecular weight is 420 g/mol. The Morgan fingerprint density at radius 2 is 2.08 bits per heavy atom. The van der Waals surface area contributed by atoms with Crippen LogP contribution in [0.2, 0.25) is 0 Å². The summed E-state index contributed by atoms with van der Waals surface area (Å²) in [6.45, 7) is 2.77. The summed E-state index contributed by atoms with van der Waals surface area (Å²) in [4.78, 5) is 12.4. The molecule has 26 heavy (non-hydrogen) atoms. The normalized spacial score (nSPS) is 10.7. The largest absolute Gasteiger partial charge is 0.494 e. The Hall–Kier alpha value is -2.61. The number of furan rings is 1. The molecule has 0 radical (unpaired) electrons. The van der Waals surface area contributed by atoms with Crippen LogP contribution in [0.5, 0.6) is 5.75 Å². The maximum absolute atomic E-state index is 12.4. The first-order chi connectivity index (χ1) is 12.7. The molecule has 136 valence electrons. The molecule has 7 nitrogen and oxygen atoms in total. The zero-order chi connectivity index (χ0) is 18.4. The molecule has 3 rings (SSSR count). The second kappa shape index (κ2) is 8.66. The third-order valence-corrected chi connectivity index (χ3v) is 3.97. The van der Waals surface area contributed by atoms with Crippen LogP contribution in [0.1, 0.15) is 36.5 Å². The number of ether oxygens (including phenoxy) is 1. The number of benzene rings is 1. The van der Waals surface area contributed by atoms with Crippen molar-refractivity contribution in [1.82, 2.24) is 10.2 Å². The fourth-order valence-corrected chi connectivity index (χ4v) is 2.55. The summed E-state index contributed by atoms with van der Waals surface area (Å²) in [6, 6.07) is 10.3. The van der Waals surface area contributed by atoms with Crippen molar-refractivity contribution in [2.45, 2.75) is 26.2 Å². The van der Waals surface area contributed by atoms with E-state index in [-0.39, 0.29) is 17.8 Å². The Morgan fingerprint density at radius 3 is 2.85 bits per heavy atom. The predicted molar refractivity (Wildman–Crippen MR) is 99.1 cm³/mol. The number of carbonyl (C=O) groups is 1. The molecule has 3 aromatic rings. The molecule has 1 aromatic carbocycles. The van der Waals surface area contributed by atoms with Crippen molar-refractivity contribution >= 4 is 27.9 Å². The van der Waals surface area contributed by atoms with Gasteiger partial charge in [-0.25, -0.2) is 0 Å². The van der Waals surface area contributed by atoms with E-state index >= 15 is 0 Å². The van der Waals surface area contributed by atoms with E-state index in [1.54, 1.807) is 30.3 Å². The number of amides is 1. The number of nitrogens with one attached hydrogen (secondary N) is 1. The number of aromatic nitrogens is 2. The van der Waals surface area contributed by atoms with Gasteiger partial charge in [0.05, 0.1) is 6.61 Å². The molecule has 8 heteroatoms. The number of hydrogen-bond acceptors (Lipinski definition) is 6. The summed E-state index contributed by atoms with van der Waals surface area (Å²) in [5, 5.41) is 10.2. The van der Waals surface area contributed by atoms with Crippen LogP contribution < -0.4 is 10.1 Å². The van der Waals surface area contributed by atoms with Gasteiger partial charge in [0.25, 0.3) is 11.8 Å². The summed E-state index contributed by atoms with van der Waals surface area (Å²) < 4.78 is 16.9. The van der Waals surface area contributed by atoms with E-state index in [9.17, 15) is 4.79 Å². The lowest BCUT2D eigenvalue weighted by molar-refractivity contribution is 0.102. The molecule has 2 aromatic heterocycles. The standard InChI is InChI=1S/C18H18BrN3O4/c1-2-3-4-10-24-13-7-5-6-12(11-13)16(23)20-18-22-21-17(26-18)14-8-9-15(19)25-14/h5-9,11H,2-4,10H2,1H3,(H,20,22,23). The minimum atomic E-state index is -0.361. The van der Waals surface area contributed by atoms with Gasteiger partial charge in [0.15, 0.2) is 10.4 Å². The number of rotatable bonds is 8. The van der Waals surface area contributed by atoms with Crippen molar-refractivity contribution in [3.63, 3.8) is 0 Å². The molecular weight excluding hydrogens is 402 g/mol. The monoisotopic (exact) mass is 419 g/mol. The first-order valence-electron chi connectivity index (χ1n) is 8.29. The molecule has 0 bridgehead atoms. The van der Waals surface area contributed by atoms with Crippen molar-refractivity contribution in [3.05, 3.63) is 46.6 Å². The average Bonchev–Trinajstić information content (AvgIpc) is 3.28. The van der Waals surface area contributed by atoms with Crippen LogP contribution in [0.4, 0.5) is 6.01 Å². The summed E-state index contributed by atoms with van der Waals surface area (Å²) in [7, 11) is 0. The van der Waals surface area contributed by atoms with Gasteiger partial charge in [0.2, 0.25) is 0 Å². The van der Waals surface area contributed by atoms with Crippen LogP contribution in [-0.4, -0.2) is 22.7 Å². The molecule has 1 N–H and O–H groups in total. The first kappa shape index (κ1) is 18.2. The third kappa shape index (κ3) is 4.72. The van der Waals surface area contributed by atoms with Crippen LogP contribution in [-0.2, 0) is 0 Å². The van der Waals surface area contributed by atoms with Gasteiger partial charge in [-0.3, -0.25) is 10.1 Å². The summed E-state index contributed by atoms with van der Waals surface area (Å²) in [5.41, 5.74) is 0.443. The number of unbranched alkanes of at least 4 members (excludes halogenated alkanes) is 2. The van der Waals surface area contributed by atoms with Gasteiger partial charge in [-0.1, -0.05) is 30.9 Å². The van der Waals surface area contributed by atoms with Crippen molar-refractivity contribution in [2.75, 3.05) is 11.9 Å². The van der Waals surface area contributed by atoms with E-state index in [0.717, 1.165) is 19.3 Å². The summed E-state index contributed by atoms with van der Waals surface area (Å²) in [6.07, 6.45) is 3.24. The lowest BCUT2D eigenvalue weighted by atomic mass is 10.2. The van der Waals surface area contributed by atoms with Gasteiger partial charge in [-0.05, 0) is 52.7 Å². The SMILES string of the molecule is CCCCCOc1cccc(C(=O)Nc2nnc(-c3ccc(Br)o3)o2)c1. The van der Waals surface area contributed by atoms with Gasteiger partial charge in [0, 0.05) is 5.56 Å². The van der Waals surface area contributed by atoms with Gasteiger partial charge >= 0.3 is 6.01 Å². The molecule has 0 spiro atoms. The predicted octanol–water partition coefficient (Wildman–Crippen LogP) is 4.91. The zero-order valence-corrected chi connectivity index (χ0v) is 15.8. The smallest absolute Gasteiger partial charge is 0.322 e. The molecule has 0 aliphatic heterocycles. The third-order valence-electron chi connectivity index (χ3n) is 3.54. The molecule has 1 amide bonds. The summed E-state index contributed by atoms with van der Waals surface area (Å²) >= 11 is 3.20. The van der Waals surface area contributed by atoms with Crippen LogP contribution in [0.25, 0.3) is 11.7 Å². The molecule has 2 heterocycles. The summed E-state index contributed by atoms with van der Waals surface area (Å²) in [5.74, 6) is 0.881. The van der Waals surface area contributed by atoms with Gasteiger partial charge in [0.1, 0.15) is 5.75 Å². The fourth-order valence-electron chi connectivity index (χ4n) is 2.24. The molecule has 0 saturated heterocycles. The quantitative estimate of drug-likeness (QED) is 0.521. The first-order valence-corrected chi connectivity index (χ1v) is 9.08. The molecule has 0 saturated carbocycles. The second-order valence-corrected chi connectivity index (χ2v) is 6.34. The van der Waals surface area contributed by atoms with Crippen molar-refractivity contribution in [2.24, 2.45) is 0 Å². The van der Waals surface area contributed by atoms with Crippen LogP contribution in [0.15, 0.2) is 49.9 Å². The Kier molecular flexibility index (Phi) is 6.06. The van der Waals surface area contributed by atoms with Crippen LogP contribution in [0.3, 0.4) is 0 Å². The topological polar surface area (TPSA) is 90.4 Å². The molecule has 0 unspecified atom stereocenters. The Balaban J connectivity index is 1.62. The van der Waals surface area contributed by atoms with Crippen molar-refractivity contribution in [3.8, 4) is 17.4 Å². The lowest BCUT2D eigenvalue weighted by Crippen LogP contribution is -2.12. The number of anilines is 1. The van der Waals surface area contributed by atoms with Crippen LogP contribution >= 0.6 is 15.9 Å². The van der Waals surface area contributed by atoms with Gasteiger partial charge in [-0.15, -0.1) is 5.10 Å². The van der Waals surface area contributed by atoms with Gasteiger partial charge in [-0.2, -0.15) is 0 Å². The molecule has 0 fully saturated rings. The number of nitrogens with zero attached hydrogens (tertiary/aromatic N) is 2. The second-order valence-electron chi connectivity index (χ2n) is 5.55. The highest BCUT2D eigenvalue weighted by Crippen LogP contribution is 2.25. The van der Waals surface area contributed by atoms with Crippen molar-refractivity contribution < 1.29 is 18.4 Å². The van der Waals surface area contributed by atoms with E-state index in [2.05, 4.69) is 38.4 Å². The molecule has 0 aliphatic rings. The highest BCUT2D eigenvalue weighted by atomic mass is 79.9. The van der Waals surface area contributed by atoms with Gasteiger partial charge < -0.3 is 13.6 Å². The maximum Gasteiger partial charge on any atom is 0.322 e. The van der Waals surface area contributed by atoms with E-state index in [0.29, 0.717) is 28.3 Å². The molecule has 0 atom stereocenters. The van der Waals surface area contributed by atoms with E-state index in [4.69, 9.17) is 13.6 Å². The number of halogens is 1. The lowest BCUT2D eigenvalue weighted by Gasteiger charge is -2.07. The zero-order valence-electron chi connectivity index (χ0n) is 14.2. The Bertz CT molecular complexity index is 875. The number of carbonyl (C=O) groups excluding carboxylic acids is 1. The highest BCUT2D eigenvalue weighted by molar-refractivity contribution is 9.10. The fraction of sp³-hybridized carbons (Fsp3) is 0.278. The Labute approximate surface area is 158 Å². The Morgan fingerprint density at radius 1 is 1.19 bits per heavy atom. The minimum Gasteiger partial charge on any atom is -0.494 e. The molecule has 0 aliphatic carbocycles.